The van der Waals surface area contributed by atoms with Crippen LogP contribution in [0.15, 0.2) is 0 Å². The first-order valence-electron chi connectivity index (χ1n) is 6.71. The number of carbonyl (C=O) groups excluding carboxylic acids is 1. The SMILES string of the molecule is O=C(C1CC2CCC1C2)N1CCC[C@H](O)C1. The number of fused-ring (bicyclic) bond motifs is 2. The van der Waals surface area contributed by atoms with Gasteiger partial charge in [0.05, 0.1) is 6.10 Å². The molecule has 2 saturated carbocycles. The number of hydrogen-bond acceptors (Lipinski definition) is 2. The summed E-state index contributed by atoms with van der Waals surface area (Å²) in [6, 6.07) is 0. The lowest BCUT2D eigenvalue weighted by atomic mass is 9.87. The van der Waals surface area contributed by atoms with E-state index in [0.29, 0.717) is 24.3 Å². The molecule has 2 aliphatic carbocycles. The van der Waals surface area contributed by atoms with Crippen LogP contribution in [0.5, 0.6) is 0 Å². The normalized spacial score (nSPS) is 42.7. The van der Waals surface area contributed by atoms with Crippen LogP contribution in [-0.4, -0.2) is 35.1 Å². The van der Waals surface area contributed by atoms with Crippen LogP contribution in [0, 0.1) is 17.8 Å². The van der Waals surface area contributed by atoms with Crippen molar-refractivity contribution < 1.29 is 9.90 Å². The highest BCUT2D eigenvalue weighted by atomic mass is 16.3. The quantitative estimate of drug-likeness (QED) is 0.730. The van der Waals surface area contributed by atoms with Gasteiger partial charge < -0.3 is 10.0 Å². The zero-order valence-electron chi connectivity index (χ0n) is 9.77. The highest BCUT2D eigenvalue weighted by Gasteiger charge is 2.44. The summed E-state index contributed by atoms with van der Waals surface area (Å²) in [7, 11) is 0. The number of likely N-dealkylation sites (tertiary alicyclic amines) is 1. The van der Waals surface area contributed by atoms with E-state index in [-0.39, 0.29) is 6.10 Å². The third-order valence-electron chi connectivity index (χ3n) is 4.76. The highest BCUT2D eigenvalue weighted by Crippen LogP contribution is 2.48. The van der Waals surface area contributed by atoms with Crippen molar-refractivity contribution in [3.05, 3.63) is 0 Å². The molecule has 90 valence electrons. The maximum Gasteiger partial charge on any atom is 0.226 e. The fourth-order valence-electron chi connectivity index (χ4n) is 3.94. The van der Waals surface area contributed by atoms with Crippen LogP contribution in [0.25, 0.3) is 0 Å². The van der Waals surface area contributed by atoms with E-state index in [1.54, 1.807) is 0 Å². The molecule has 3 fully saturated rings. The van der Waals surface area contributed by atoms with Crippen LogP contribution in [0.4, 0.5) is 0 Å². The summed E-state index contributed by atoms with van der Waals surface area (Å²) in [5, 5.41) is 9.61. The molecule has 3 unspecified atom stereocenters. The number of amides is 1. The molecule has 16 heavy (non-hydrogen) atoms. The molecule has 1 heterocycles. The summed E-state index contributed by atoms with van der Waals surface area (Å²) < 4.78 is 0. The standard InChI is InChI=1S/C13H21NO2/c15-11-2-1-5-14(8-11)13(16)12-7-9-3-4-10(12)6-9/h9-12,15H,1-8H2/t9?,10?,11-,12?/m0/s1. The monoisotopic (exact) mass is 223 g/mol. The number of aliphatic hydroxyl groups excluding tert-OH is 1. The second-order valence-electron chi connectivity index (χ2n) is 5.86. The Hall–Kier alpha value is -0.570. The first-order valence-corrected chi connectivity index (χ1v) is 6.71. The Bertz CT molecular complexity index is 292. The molecule has 3 rings (SSSR count). The average Bonchev–Trinajstić information content (AvgIpc) is 2.89. The smallest absolute Gasteiger partial charge is 0.226 e. The summed E-state index contributed by atoms with van der Waals surface area (Å²) in [6.07, 6.45) is 6.56. The molecule has 0 aromatic heterocycles. The van der Waals surface area contributed by atoms with E-state index in [0.717, 1.165) is 31.7 Å². The lowest BCUT2D eigenvalue weighted by Crippen LogP contribution is -2.45. The molecule has 1 saturated heterocycles. The minimum Gasteiger partial charge on any atom is -0.391 e. The van der Waals surface area contributed by atoms with Crippen molar-refractivity contribution in [2.24, 2.45) is 17.8 Å². The molecule has 3 aliphatic rings. The number of rotatable bonds is 1. The van der Waals surface area contributed by atoms with Gasteiger partial charge in [0.1, 0.15) is 0 Å². The summed E-state index contributed by atoms with van der Waals surface area (Å²) in [5.74, 6) is 2.13. The van der Waals surface area contributed by atoms with Crippen molar-refractivity contribution in [3.8, 4) is 0 Å². The maximum atomic E-state index is 12.4. The number of piperidine rings is 1. The van der Waals surface area contributed by atoms with Crippen LogP contribution in [0.1, 0.15) is 38.5 Å². The van der Waals surface area contributed by atoms with Gasteiger partial charge in [-0.3, -0.25) is 4.79 Å². The predicted octanol–water partition coefficient (Wildman–Crippen LogP) is 1.41. The van der Waals surface area contributed by atoms with E-state index in [2.05, 4.69) is 0 Å². The van der Waals surface area contributed by atoms with Crippen LogP contribution in [0.2, 0.25) is 0 Å². The van der Waals surface area contributed by atoms with E-state index in [1.807, 2.05) is 4.90 Å². The van der Waals surface area contributed by atoms with Gasteiger partial charge in [-0.05, 0) is 43.9 Å². The highest BCUT2D eigenvalue weighted by molar-refractivity contribution is 5.79. The molecule has 0 aromatic rings. The Morgan fingerprint density at radius 1 is 1.19 bits per heavy atom. The van der Waals surface area contributed by atoms with E-state index >= 15 is 0 Å². The molecule has 4 atom stereocenters. The Balaban J connectivity index is 1.64. The van der Waals surface area contributed by atoms with Crippen molar-refractivity contribution in [1.82, 2.24) is 4.90 Å². The molecule has 1 N–H and O–H groups in total. The zero-order chi connectivity index (χ0) is 11.1. The van der Waals surface area contributed by atoms with Gasteiger partial charge in [-0.25, -0.2) is 0 Å². The van der Waals surface area contributed by atoms with Gasteiger partial charge in [-0.1, -0.05) is 6.42 Å². The molecule has 0 radical (unpaired) electrons. The van der Waals surface area contributed by atoms with Gasteiger partial charge in [-0.15, -0.1) is 0 Å². The van der Waals surface area contributed by atoms with Gasteiger partial charge in [0.2, 0.25) is 5.91 Å². The molecular formula is C13H21NO2. The second kappa shape index (κ2) is 4.02. The largest absolute Gasteiger partial charge is 0.391 e. The fourth-order valence-corrected chi connectivity index (χ4v) is 3.94. The van der Waals surface area contributed by atoms with Crippen LogP contribution >= 0.6 is 0 Å². The van der Waals surface area contributed by atoms with Gasteiger partial charge in [0.25, 0.3) is 0 Å². The minimum absolute atomic E-state index is 0.281. The Morgan fingerprint density at radius 3 is 2.69 bits per heavy atom. The van der Waals surface area contributed by atoms with Gasteiger partial charge in [-0.2, -0.15) is 0 Å². The molecular weight excluding hydrogens is 202 g/mol. The number of β-amino-alcohol motifs (C(OH)–C–C–N with tert-alkyl or cyclic N) is 1. The number of hydrogen-bond donors (Lipinski definition) is 1. The Morgan fingerprint density at radius 2 is 2.06 bits per heavy atom. The lowest BCUT2D eigenvalue weighted by Gasteiger charge is -2.34. The molecule has 0 aromatic carbocycles. The average molecular weight is 223 g/mol. The summed E-state index contributed by atoms with van der Waals surface area (Å²) in [5.41, 5.74) is 0. The zero-order valence-corrected chi connectivity index (χ0v) is 9.77. The summed E-state index contributed by atoms with van der Waals surface area (Å²) in [4.78, 5) is 14.3. The topological polar surface area (TPSA) is 40.5 Å². The van der Waals surface area contributed by atoms with Gasteiger partial charge in [0, 0.05) is 19.0 Å². The van der Waals surface area contributed by atoms with Crippen molar-refractivity contribution in [1.29, 1.82) is 0 Å². The molecule has 2 bridgehead atoms. The third kappa shape index (κ3) is 1.75. The molecule has 3 heteroatoms. The van der Waals surface area contributed by atoms with E-state index < -0.39 is 0 Å². The van der Waals surface area contributed by atoms with Crippen LogP contribution in [0.3, 0.4) is 0 Å². The van der Waals surface area contributed by atoms with E-state index in [4.69, 9.17) is 0 Å². The molecule has 0 spiro atoms. The first-order chi connectivity index (χ1) is 7.74. The predicted molar refractivity (Wildman–Crippen MR) is 60.8 cm³/mol. The van der Waals surface area contributed by atoms with Gasteiger partial charge >= 0.3 is 0 Å². The minimum atomic E-state index is -0.281. The van der Waals surface area contributed by atoms with Gasteiger partial charge in [0.15, 0.2) is 0 Å². The van der Waals surface area contributed by atoms with Crippen LogP contribution in [-0.2, 0) is 4.79 Å². The Kier molecular flexibility index (Phi) is 2.66. The van der Waals surface area contributed by atoms with E-state index in [1.165, 1.54) is 19.3 Å². The molecule has 1 amide bonds. The summed E-state index contributed by atoms with van der Waals surface area (Å²) >= 11 is 0. The fraction of sp³-hybridized carbons (Fsp3) is 0.923. The molecule has 1 aliphatic heterocycles. The van der Waals surface area contributed by atoms with Crippen molar-refractivity contribution in [2.75, 3.05) is 13.1 Å². The van der Waals surface area contributed by atoms with Crippen LogP contribution < -0.4 is 0 Å². The van der Waals surface area contributed by atoms with Crippen molar-refractivity contribution in [2.45, 2.75) is 44.6 Å². The second-order valence-corrected chi connectivity index (χ2v) is 5.86. The number of nitrogens with zero attached hydrogens (tertiary/aromatic N) is 1. The van der Waals surface area contributed by atoms with Crippen molar-refractivity contribution >= 4 is 5.91 Å². The molecule has 3 nitrogen and oxygen atoms in total. The number of aliphatic hydroxyl groups is 1. The first kappa shape index (κ1) is 10.6. The van der Waals surface area contributed by atoms with Crippen molar-refractivity contribution in [3.63, 3.8) is 0 Å². The maximum absolute atomic E-state index is 12.4. The summed E-state index contributed by atoms with van der Waals surface area (Å²) in [6.45, 7) is 1.44. The number of carbonyl (C=O) groups is 1. The van der Waals surface area contributed by atoms with E-state index in [9.17, 15) is 9.90 Å². The lowest BCUT2D eigenvalue weighted by molar-refractivity contribution is -0.140. The Labute approximate surface area is 96.8 Å². The third-order valence-corrected chi connectivity index (χ3v) is 4.76.